The van der Waals surface area contributed by atoms with E-state index in [0.717, 1.165) is 21.1 Å². The van der Waals surface area contributed by atoms with E-state index in [2.05, 4.69) is 11.1 Å². The van der Waals surface area contributed by atoms with Crippen molar-refractivity contribution in [1.29, 1.82) is 0 Å². The molecule has 3 heterocycles. The van der Waals surface area contributed by atoms with Crippen LogP contribution in [0.3, 0.4) is 0 Å². The van der Waals surface area contributed by atoms with Crippen molar-refractivity contribution in [3.63, 3.8) is 0 Å². The zero-order chi connectivity index (χ0) is 18.1. The molecule has 1 N–H and O–H groups in total. The molecule has 0 fully saturated rings. The molecule has 0 amide bonds. The van der Waals surface area contributed by atoms with Crippen LogP contribution in [-0.2, 0) is 11.4 Å². The van der Waals surface area contributed by atoms with Crippen molar-refractivity contribution in [2.75, 3.05) is 6.61 Å². The van der Waals surface area contributed by atoms with Crippen LogP contribution in [-0.4, -0.2) is 22.7 Å². The number of aromatic nitrogens is 1. The topological polar surface area (TPSA) is 68.7 Å². The van der Waals surface area contributed by atoms with Gasteiger partial charge in [0.15, 0.2) is 0 Å². The maximum Gasteiger partial charge on any atom is 0.304 e. The number of aliphatic carboxylic acids is 1. The van der Waals surface area contributed by atoms with E-state index >= 15 is 0 Å². The third-order valence-corrected chi connectivity index (χ3v) is 6.45. The normalized spacial score (nSPS) is 15.5. The highest BCUT2D eigenvalue weighted by molar-refractivity contribution is 7.21. The molecule has 134 valence electrons. The van der Waals surface area contributed by atoms with Crippen LogP contribution in [0.5, 0.6) is 11.5 Å². The molecule has 1 atom stereocenters. The number of aryl methyl sites for hydroxylation is 1. The number of fused-ring (bicyclic) bond motifs is 1. The lowest BCUT2D eigenvalue weighted by Crippen LogP contribution is -2.07. The Morgan fingerprint density at radius 3 is 3.08 bits per heavy atom. The predicted molar refractivity (Wildman–Crippen MR) is 101 cm³/mol. The van der Waals surface area contributed by atoms with Gasteiger partial charge in [0, 0.05) is 17.5 Å². The van der Waals surface area contributed by atoms with E-state index in [4.69, 9.17) is 14.6 Å². The largest absolute Gasteiger partial charge is 0.492 e. The number of thiazole rings is 1. The van der Waals surface area contributed by atoms with Crippen LogP contribution in [0.1, 0.15) is 28.5 Å². The summed E-state index contributed by atoms with van der Waals surface area (Å²) in [5, 5.41) is 12.0. The second-order valence-electron chi connectivity index (χ2n) is 6.10. The summed E-state index contributed by atoms with van der Waals surface area (Å²) in [6, 6.07) is 9.71. The highest BCUT2D eigenvalue weighted by Gasteiger charge is 2.26. The van der Waals surface area contributed by atoms with E-state index in [0.29, 0.717) is 24.7 Å². The Balaban J connectivity index is 1.45. The number of thiophene rings is 1. The molecule has 1 aliphatic heterocycles. The Labute approximate surface area is 158 Å². The van der Waals surface area contributed by atoms with Crippen LogP contribution in [0.2, 0.25) is 0 Å². The summed E-state index contributed by atoms with van der Waals surface area (Å²) in [5.41, 5.74) is 1.92. The van der Waals surface area contributed by atoms with Gasteiger partial charge < -0.3 is 14.6 Å². The minimum absolute atomic E-state index is 0.0821. The molecule has 5 nitrogen and oxygen atoms in total. The lowest BCUT2D eigenvalue weighted by molar-refractivity contribution is -0.137. The molecule has 1 aromatic carbocycles. The number of carboxylic acids is 1. The second-order valence-corrected chi connectivity index (χ2v) is 8.13. The Bertz CT molecular complexity index is 933. The Hall–Kier alpha value is -2.38. The van der Waals surface area contributed by atoms with E-state index in [9.17, 15) is 4.79 Å². The molecular formula is C19H17NO4S2. The van der Waals surface area contributed by atoms with Gasteiger partial charge in [0.05, 0.1) is 28.5 Å². The molecule has 0 spiro atoms. The number of carboxylic acid groups (broad SMARTS) is 1. The third-order valence-electron chi connectivity index (χ3n) is 4.28. The summed E-state index contributed by atoms with van der Waals surface area (Å²) in [7, 11) is 0. The number of ether oxygens (including phenoxy) is 2. The second kappa shape index (κ2) is 7.09. The standard InChI is InChI=1S/C19H17NO4S2/c1-11-17(26-19(20-11)16-3-2-6-25-16)10-23-13-4-5-14-12(7-18(21)22)9-24-15(14)8-13/h2-6,8,12H,7,9-10H2,1H3,(H,21,22). The van der Waals surface area contributed by atoms with Crippen LogP contribution in [0.4, 0.5) is 0 Å². The van der Waals surface area contributed by atoms with E-state index < -0.39 is 5.97 Å². The van der Waals surface area contributed by atoms with Crippen LogP contribution in [0, 0.1) is 6.92 Å². The van der Waals surface area contributed by atoms with Crippen molar-refractivity contribution >= 4 is 28.6 Å². The summed E-state index contributed by atoms with van der Waals surface area (Å²) >= 11 is 3.33. The SMILES string of the molecule is Cc1nc(-c2cccs2)sc1COc1ccc2c(c1)OCC2CC(=O)O. The van der Waals surface area contributed by atoms with E-state index in [1.54, 1.807) is 22.7 Å². The molecule has 2 aromatic heterocycles. The van der Waals surface area contributed by atoms with Gasteiger partial charge in [-0.3, -0.25) is 4.79 Å². The Morgan fingerprint density at radius 1 is 1.42 bits per heavy atom. The molecule has 0 aliphatic carbocycles. The molecule has 0 saturated carbocycles. The van der Waals surface area contributed by atoms with Crippen LogP contribution >= 0.6 is 22.7 Å². The predicted octanol–water partition coefficient (Wildman–Crippen LogP) is 4.71. The van der Waals surface area contributed by atoms with Crippen molar-refractivity contribution < 1.29 is 19.4 Å². The molecule has 4 rings (SSSR count). The Kier molecular flexibility index (Phi) is 4.65. The molecular weight excluding hydrogens is 370 g/mol. The van der Waals surface area contributed by atoms with Gasteiger partial charge in [0.2, 0.25) is 0 Å². The molecule has 1 aliphatic rings. The molecule has 0 bridgehead atoms. The first-order valence-electron chi connectivity index (χ1n) is 8.21. The number of nitrogens with zero attached hydrogens (tertiary/aromatic N) is 1. The van der Waals surface area contributed by atoms with Crippen LogP contribution in [0.15, 0.2) is 35.7 Å². The average Bonchev–Trinajstić information content (AvgIpc) is 3.33. The molecule has 7 heteroatoms. The average molecular weight is 387 g/mol. The van der Waals surface area contributed by atoms with Gasteiger partial charge in [0.1, 0.15) is 23.1 Å². The van der Waals surface area contributed by atoms with Crippen LogP contribution in [0.25, 0.3) is 9.88 Å². The number of carbonyl (C=O) groups is 1. The summed E-state index contributed by atoms with van der Waals surface area (Å²) in [6.45, 7) is 2.85. The first-order valence-corrected chi connectivity index (χ1v) is 9.91. The maximum absolute atomic E-state index is 10.9. The minimum atomic E-state index is -0.811. The first kappa shape index (κ1) is 17.1. The Morgan fingerprint density at radius 2 is 2.31 bits per heavy atom. The zero-order valence-corrected chi connectivity index (χ0v) is 15.7. The molecule has 0 radical (unpaired) electrons. The van der Waals surface area contributed by atoms with Crippen molar-refractivity contribution in [3.05, 3.63) is 51.8 Å². The quantitative estimate of drug-likeness (QED) is 0.663. The number of hydrogen-bond donors (Lipinski definition) is 1. The first-order chi connectivity index (χ1) is 12.6. The van der Waals surface area contributed by atoms with Gasteiger partial charge in [-0.25, -0.2) is 4.98 Å². The third kappa shape index (κ3) is 3.45. The monoisotopic (exact) mass is 387 g/mol. The van der Waals surface area contributed by atoms with E-state index in [1.165, 1.54) is 4.88 Å². The van der Waals surface area contributed by atoms with E-state index in [1.807, 2.05) is 36.6 Å². The van der Waals surface area contributed by atoms with Gasteiger partial charge in [0.25, 0.3) is 0 Å². The van der Waals surface area contributed by atoms with E-state index in [-0.39, 0.29) is 12.3 Å². The van der Waals surface area contributed by atoms with Crippen molar-refractivity contribution in [2.45, 2.75) is 25.9 Å². The number of rotatable bonds is 6. The molecule has 3 aromatic rings. The maximum atomic E-state index is 10.9. The van der Waals surface area contributed by atoms with Gasteiger partial charge >= 0.3 is 5.97 Å². The van der Waals surface area contributed by atoms with Gasteiger partial charge in [-0.05, 0) is 24.4 Å². The molecule has 0 saturated heterocycles. The smallest absolute Gasteiger partial charge is 0.304 e. The van der Waals surface area contributed by atoms with Gasteiger partial charge in [-0.15, -0.1) is 22.7 Å². The fraction of sp³-hybridized carbons (Fsp3) is 0.263. The molecule has 26 heavy (non-hydrogen) atoms. The fourth-order valence-electron chi connectivity index (χ4n) is 2.94. The van der Waals surface area contributed by atoms with Crippen molar-refractivity contribution in [1.82, 2.24) is 4.98 Å². The highest BCUT2D eigenvalue weighted by Crippen LogP contribution is 2.38. The lowest BCUT2D eigenvalue weighted by atomic mass is 9.98. The number of hydrogen-bond acceptors (Lipinski definition) is 6. The zero-order valence-electron chi connectivity index (χ0n) is 14.1. The summed E-state index contributed by atoms with van der Waals surface area (Å²) in [6.07, 6.45) is 0.0821. The summed E-state index contributed by atoms with van der Waals surface area (Å²) in [5.74, 6) is 0.530. The highest BCUT2D eigenvalue weighted by atomic mass is 32.1. The minimum Gasteiger partial charge on any atom is -0.492 e. The summed E-state index contributed by atoms with van der Waals surface area (Å²) in [4.78, 5) is 17.8. The van der Waals surface area contributed by atoms with Gasteiger partial charge in [-0.1, -0.05) is 12.1 Å². The lowest BCUT2D eigenvalue weighted by Gasteiger charge is -2.08. The number of benzene rings is 1. The fourth-order valence-corrected chi connectivity index (χ4v) is 4.72. The van der Waals surface area contributed by atoms with Crippen molar-refractivity contribution in [3.8, 4) is 21.4 Å². The molecule has 1 unspecified atom stereocenters. The van der Waals surface area contributed by atoms with Crippen LogP contribution < -0.4 is 9.47 Å². The summed E-state index contributed by atoms with van der Waals surface area (Å²) < 4.78 is 11.6. The van der Waals surface area contributed by atoms with Crippen molar-refractivity contribution in [2.24, 2.45) is 0 Å². The van der Waals surface area contributed by atoms with Gasteiger partial charge in [-0.2, -0.15) is 0 Å².